The molecule has 0 spiro atoms. The molecule has 0 bridgehead atoms. The number of nitrogens with zero attached hydrogens (tertiary/aromatic N) is 3. The van der Waals surface area contributed by atoms with E-state index < -0.39 is 5.97 Å². The van der Waals surface area contributed by atoms with Crippen molar-refractivity contribution in [1.82, 2.24) is 14.9 Å². The van der Waals surface area contributed by atoms with Crippen LogP contribution in [0.5, 0.6) is 5.88 Å². The molecule has 2 aromatic heterocycles. The molecule has 1 N–H and O–H groups in total. The van der Waals surface area contributed by atoms with Gasteiger partial charge in [-0.2, -0.15) is 0 Å². The van der Waals surface area contributed by atoms with Crippen LogP contribution in [-0.4, -0.2) is 39.8 Å². The number of rotatable bonds is 4. The van der Waals surface area contributed by atoms with Gasteiger partial charge in [0.2, 0.25) is 5.88 Å². The molecular formula is C11H10ClN3O4. The Hall–Kier alpha value is -2.28. The zero-order chi connectivity index (χ0) is 13.8. The maximum absolute atomic E-state index is 10.9. The van der Waals surface area contributed by atoms with E-state index in [4.69, 9.17) is 16.3 Å². The summed E-state index contributed by atoms with van der Waals surface area (Å²) in [6.07, 6.45) is 1.50. The molecule has 0 aliphatic carbocycles. The first-order chi connectivity index (χ1) is 9.10. The fourth-order valence-corrected chi connectivity index (χ4v) is 1.55. The Morgan fingerprint density at radius 2 is 2.32 bits per heavy atom. The number of halogens is 1. The fourth-order valence-electron chi connectivity index (χ4n) is 1.37. The maximum atomic E-state index is 10.9. The molecule has 0 aliphatic heterocycles. The summed E-state index contributed by atoms with van der Waals surface area (Å²) < 4.78 is 9.48. The molecule has 2 heterocycles. The normalized spacial score (nSPS) is 10.2. The number of pyridine rings is 1. The number of methoxy groups -OCH3 is 1. The zero-order valence-corrected chi connectivity index (χ0v) is 10.7. The van der Waals surface area contributed by atoms with Crippen molar-refractivity contribution in [2.75, 3.05) is 13.7 Å². The smallest absolute Gasteiger partial charge is 0.343 e. The first-order valence-corrected chi connectivity index (χ1v) is 5.59. The minimum atomic E-state index is -0.541. The maximum Gasteiger partial charge on any atom is 0.343 e. The van der Waals surface area contributed by atoms with Crippen LogP contribution in [0.2, 0.25) is 5.15 Å². The van der Waals surface area contributed by atoms with Gasteiger partial charge in [-0.3, -0.25) is 0 Å². The van der Waals surface area contributed by atoms with Crippen LogP contribution in [0.4, 0.5) is 0 Å². The molecule has 0 saturated carbocycles. The molecule has 0 atom stereocenters. The standard InChI is InChI=1S/C11H10ClN3O4/c1-18-11(16)6-19-10-5-8(15(17)14-10)7-2-3-13-9(12)4-7/h2-5,17H,6H2,1H3. The minimum absolute atomic E-state index is 0.0934. The van der Waals surface area contributed by atoms with Crippen molar-refractivity contribution in [3.05, 3.63) is 29.5 Å². The van der Waals surface area contributed by atoms with E-state index in [-0.39, 0.29) is 17.6 Å². The van der Waals surface area contributed by atoms with E-state index in [1.54, 1.807) is 12.1 Å². The largest absolute Gasteiger partial charge is 0.466 e. The lowest BCUT2D eigenvalue weighted by atomic mass is 10.2. The average Bonchev–Trinajstić information content (AvgIpc) is 2.77. The van der Waals surface area contributed by atoms with Gasteiger partial charge in [-0.25, -0.2) is 9.78 Å². The lowest BCUT2D eigenvalue weighted by Gasteiger charge is -1.99. The van der Waals surface area contributed by atoms with E-state index in [0.717, 1.165) is 0 Å². The number of carbonyl (C=O) groups is 1. The van der Waals surface area contributed by atoms with Crippen molar-refractivity contribution in [2.24, 2.45) is 0 Å². The van der Waals surface area contributed by atoms with Gasteiger partial charge in [0.05, 0.1) is 7.11 Å². The quantitative estimate of drug-likeness (QED) is 0.518. The van der Waals surface area contributed by atoms with Gasteiger partial charge in [0.15, 0.2) is 6.61 Å². The highest BCUT2D eigenvalue weighted by Crippen LogP contribution is 2.24. The summed E-state index contributed by atoms with van der Waals surface area (Å²) in [7, 11) is 1.25. The first-order valence-electron chi connectivity index (χ1n) is 5.21. The molecule has 0 aromatic carbocycles. The predicted molar refractivity (Wildman–Crippen MR) is 65.2 cm³/mol. The Bertz CT molecular complexity index is 599. The van der Waals surface area contributed by atoms with Gasteiger partial charge in [0, 0.05) is 17.8 Å². The number of esters is 1. The van der Waals surface area contributed by atoms with Crippen molar-refractivity contribution in [2.45, 2.75) is 0 Å². The van der Waals surface area contributed by atoms with Crippen molar-refractivity contribution in [3.8, 4) is 17.1 Å². The molecule has 8 heteroatoms. The molecule has 2 aromatic rings. The Balaban J connectivity index is 2.19. The summed E-state index contributed by atoms with van der Waals surface area (Å²) in [5.41, 5.74) is 0.979. The van der Waals surface area contributed by atoms with Gasteiger partial charge in [0.25, 0.3) is 0 Å². The number of ether oxygens (including phenoxy) is 2. The highest BCUT2D eigenvalue weighted by Gasteiger charge is 2.12. The van der Waals surface area contributed by atoms with Crippen LogP contribution in [0.25, 0.3) is 11.3 Å². The highest BCUT2D eigenvalue weighted by molar-refractivity contribution is 6.29. The summed E-state index contributed by atoms with van der Waals surface area (Å²) in [6, 6.07) is 4.68. The van der Waals surface area contributed by atoms with Crippen LogP contribution in [-0.2, 0) is 9.53 Å². The Morgan fingerprint density at radius 3 is 3.00 bits per heavy atom. The monoisotopic (exact) mass is 283 g/mol. The SMILES string of the molecule is COC(=O)COc1cc(-c2ccnc(Cl)c2)n(O)n1. The van der Waals surface area contributed by atoms with Crippen LogP contribution < -0.4 is 4.74 Å². The second-order valence-corrected chi connectivity index (χ2v) is 3.88. The Kier molecular flexibility index (Phi) is 3.86. The molecule has 19 heavy (non-hydrogen) atoms. The van der Waals surface area contributed by atoms with E-state index in [1.165, 1.54) is 19.4 Å². The molecule has 2 rings (SSSR count). The van der Waals surface area contributed by atoms with Gasteiger partial charge in [-0.05, 0) is 12.1 Å². The van der Waals surface area contributed by atoms with Crippen molar-refractivity contribution < 1.29 is 19.5 Å². The Labute approximate surface area is 113 Å². The third-order valence-electron chi connectivity index (χ3n) is 2.26. The van der Waals surface area contributed by atoms with E-state index in [0.29, 0.717) is 16.1 Å². The second kappa shape index (κ2) is 5.57. The van der Waals surface area contributed by atoms with E-state index in [9.17, 15) is 10.0 Å². The van der Waals surface area contributed by atoms with Crippen molar-refractivity contribution >= 4 is 17.6 Å². The molecule has 7 nitrogen and oxygen atoms in total. The molecule has 0 amide bonds. The highest BCUT2D eigenvalue weighted by atomic mass is 35.5. The number of carbonyl (C=O) groups excluding carboxylic acids is 1. The molecule has 0 saturated heterocycles. The summed E-state index contributed by atoms with van der Waals surface area (Å²) in [4.78, 5) is 15.4. The first kappa shape index (κ1) is 13.2. The second-order valence-electron chi connectivity index (χ2n) is 3.49. The van der Waals surface area contributed by atoms with Gasteiger partial charge in [0.1, 0.15) is 10.8 Å². The van der Waals surface area contributed by atoms with Crippen LogP contribution >= 0.6 is 11.6 Å². The van der Waals surface area contributed by atoms with Gasteiger partial charge < -0.3 is 14.7 Å². The predicted octanol–water partition coefficient (Wildman–Crippen LogP) is 1.39. The zero-order valence-electron chi connectivity index (χ0n) is 9.91. The topological polar surface area (TPSA) is 86.5 Å². The molecular weight excluding hydrogens is 274 g/mol. The Morgan fingerprint density at radius 1 is 1.53 bits per heavy atom. The summed E-state index contributed by atoms with van der Waals surface area (Å²) in [6.45, 7) is -0.288. The van der Waals surface area contributed by atoms with Gasteiger partial charge >= 0.3 is 5.97 Å². The third kappa shape index (κ3) is 3.14. The van der Waals surface area contributed by atoms with Crippen LogP contribution in [0.1, 0.15) is 0 Å². The molecule has 0 aliphatic rings. The molecule has 0 unspecified atom stereocenters. The molecule has 100 valence electrons. The molecule has 0 fully saturated rings. The van der Waals surface area contributed by atoms with Crippen LogP contribution in [0.3, 0.4) is 0 Å². The summed E-state index contributed by atoms with van der Waals surface area (Å²) in [5.74, 6) is -0.447. The average molecular weight is 284 g/mol. The van der Waals surface area contributed by atoms with Gasteiger partial charge in [-0.15, -0.1) is 0 Å². The van der Waals surface area contributed by atoms with E-state index >= 15 is 0 Å². The van der Waals surface area contributed by atoms with Crippen molar-refractivity contribution in [3.63, 3.8) is 0 Å². The fraction of sp³-hybridized carbons (Fsp3) is 0.182. The lowest BCUT2D eigenvalue weighted by molar-refractivity contribution is -0.143. The number of hydrogen-bond donors (Lipinski definition) is 1. The van der Waals surface area contributed by atoms with E-state index in [1.807, 2.05) is 0 Å². The molecule has 0 radical (unpaired) electrons. The summed E-state index contributed by atoms with van der Waals surface area (Å²) in [5, 5.41) is 13.6. The minimum Gasteiger partial charge on any atom is -0.466 e. The number of aromatic nitrogens is 3. The van der Waals surface area contributed by atoms with Crippen LogP contribution in [0, 0.1) is 0 Å². The number of hydrogen-bond acceptors (Lipinski definition) is 6. The lowest BCUT2D eigenvalue weighted by Crippen LogP contribution is -2.12. The van der Waals surface area contributed by atoms with Crippen molar-refractivity contribution in [1.29, 1.82) is 0 Å². The summed E-state index contributed by atoms with van der Waals surface area (Å²) >= 11 is 5.76. The third-order valence-corrected chi connectivity index (χ3v) is 2.46. The van der Waals surface area contributed by atoms with Crippen LogP contribution in [0.15, 0.2) is 24.4 Å². The van der Waals surface area contributed by atoms with Gasteiger partial charge in [-0.1, -0.05) is 21.5 Å². The van der Waals surface area contributed by atoms with E-state index in [2.05, 4.69) is 14.8 Å².